The van der Waals surface area contributed by atoms with Crippen LogP contribution in [0.2, 0.25) is 0 Å². The van der Waals surface area contributed by atoms with E-state index in [0.717, 1.165) is 35.6 Å². The maximum Gasteiger partial charge on any atom is 0.0623 e. The minimum Gasteiger partial charge on any atom is -0.379 e. The van der Waals surface area contributed by atoms with Crippen molar-refractivity contribution >= 4 is 0 Å². The summed E-state index contributed by atoms with van der Waals surface area (Å²) in [5, 5.41) is 3.87. The van der Waals surface area contributed by atoms with Gasteiger partial charge in [-0.15, -0.1) is 0 Å². The molecule has 0 saturated heterocycles. The molecule has 2 heteroatoms. The van der Waals surface area contributed by atoms with E-state index >= 15 is 0 Å². The average molecular weight is 279 g/mol. The Hall–Kier alpha value is -0.0800. The molecule has 5 atom stereocenters. The van der Waals surface area contributed by atoms with E-state index in [9.17, 15) is 0 Å². The standard InChI is InChI=1S/C18H33NO/c1-5-10-19-14(8-9-18(2,3)20-4)17-15-12-6-7-13(11-12)16(15)17/h12-17,19H,5-11H2,1-4H3. The maximum absolute atomic E-state index is 5.61. The highest BCUT2D eigenvalue weighted by atomic mass is 16.5. The summed E-state index contributed by atoms with van der Waals surface area (Å²) in [6, 6.07) is 0.753. The molecule has 0 heterocycles. The zero-order valence-electron chi connectivity index (χ0n) is 13.8. The van der Waals surface area contributed by atoms with Crippen LogP contribution in [0.3, 0.4) is 0 Å². The lowest BCUT2D eigenvalue weighted by atomic mass is 9.91. The average Bonchev–Trinajstić information content (AvgIpc) is 2.87. The Morgan fingerprint density at radius 2 is 1.85 bits per heavy atom. The molecule has 3 saturated carbocycles. The second kappa shape index (κ2) is 5.61. The zero-order chi connectivity index (χ0) is 14.3. The highest BCUT2D eigenvalue weighted by Gasteiger charge is 2.66. The lowest BCUT2D eigenvalue weighted by molar-refractivity contribution is 0.0108. The van der Waals surface area contributed by atoms with Crippen LogP contribution in [-0.2, 0) is 4.74 Å². The molecule has 20 heavy (non-hydrogen) atoms. The fourth-order valence-corrected chi connectivity index (χ4v) is 5.30. The smallest absolute Gasteiger partial charge is 0.0623 e. The van der Waals surface area contributed by atoms with Crippen molar-refractivity contribution in [2.24, 2.45) is 29.6 Å². The minimum absolute atomic E-state index is 0.0368. The summed E-state index contributed by atoms with van der Waals surface area (Å²) in [7, 11) is 1.85. The highest BCUT2D eigenvalue weighted by molar-refractivity contribution is 5.15. The summed E-state index contributed by atoms with van der Waals surface area (Å²) >= 11 is 0. The summed E-state index contributed by atoms with van der Waals surface area (Å²) in [6.07, 6.45) is 8.35. The Kier molecular flexibility index (Phi) is 4.16. The number of fused-ring (bicyclic) bond motifs is 5. The topological polar surface area (TPSA) is 21.3 Å². The van der Waals surface area contributed by atoms with Crippen LogP contribution < -0.4 is 5.32 Å². The van der Waals surface area contributed by atoms with Gasteiger partial charge in [-0.05, 0) is 88.5 Å². The Labute approximate surface area is 125 Å². The first-order chi connectivity index (χ1) is 9.57. The minimum atomic E-state index is 0.0368. The van der Waals surface area contributed by atoms with Gasteiger partial charge in [-0.2, -0.15) is 0 Å². The molecular formula is C18H33NO. The molecule has 0 amide bonds. The van der Waals surface area contributed by atoms with Gasteiger partial charge < -0.3 is 10.1 Å². The van der Waals surface area contributed by atoms with E-state index in [1.807, 2.05) is 7.11 Å². The van der Waals surface area contributed by atoms with Gasteiger partial charge >= 0.3 is 0 Å². The highest BCUT2D eigenvalue weighted by Crippen LogP contribution is 2.70. The third-order valence-corrected chi connectivity index (χ3v) is 6.53. The monoisotopic (exact) mass is 279 g/mol. The number of hydrogen-bond acceptors (Lipinski definition) is 2. The first kappa shape index (κ1) is 14.8. The molecule has 0 aromatic carbocycles. The number of hydrogen-bond donors (Lipinski definition) is 1. The van der Waals surface area contributed by atoms with Crippen LogP contribution in [0.1, 0.15) is 59.3 Å². The molecule has 0 aromatic heterocycles. The molecule has 2 nitrogen and oxygen atoms in total. The predicted molar refractivity (Wildman–Crippen MR) is 83.7 cm³/mol. The lowest BCUT2D eigenvalue weighted by Gasteiger charge is -2.28. The van der Waals surface area contributed by atoms with Crippen LogP contribution in [0.4, 0.5) is 0 Å². The summed E-state index contributed by atoms with van der Waals surface area (Å²) in [5.74, 6) is 5.37. The molecule has 3 rings (SSSR count). The van der Waals surface area contributed by atoms with Crippen LogP contribution in [0.25, 0.3) is 0 Å². The molecule has 3 aliphatic rings. The van der Waals surface area contributed by atoms with Crippen LogP contribution in [0, 0.1) is 29.6 Å². The van der Waals surface area contributed by atoms with Crippen molar-refractivity contribution in [3.8, 4) is 0 Å². The summed E-state index contributed by atoms with van der Waals surface area (Å²) in [6.45, 7) is 7.91. The normalized spacial score (nSPS) is 39.9. The Bertz CT molecular complexity index is 324. The first-order valence-corrected chi connectivity index (χ1v) is 8.86. The van der Waals surface area contributed by atoms with Crippen molar-refractivity contribution in [1.29, 1.82) is 0 Å². The lowest BCUT2D eigenvalue weighted by Crippen LogP contribution is -2.36. The van der Waals surface area contributed by atoms with E-state index < -0.39 is 0 Å². The SMILES string of the molecule is CCCNC(CCC(C)(C)OC)C1C2C3CCC(C3)C21. The van der Waals surface area contributed by atoms with Crippen molar-refractivity contribution in [3.63, 3.8) is 0 Å². The molecule has 0 aliphatic heterocycles. The van der Waals surface area contributed by atoms with Crippen molar-refractivity contribution < 1.29 is 4.74 Å². The van der Waals surface area contributed by atoms with E-state index in [0.29, 0.717) is 0 Å². The molecule has 2 bridgehead atoms. The second-order valence-corrected chi connectivity index (χ2v) is 8.13. The fourth-order valence-electron chi connectivity index (χ4n) is 5.30. The third-order valence-electron chi connectivity index (χ3n) is 6.53. The second-order valence-electron chi connectivity index (χ2n) is 8.13. The van der Waals surface area contributed by atoms with Gasteiger partial charge in [0.1, 0.15) is 0 Å². The Morgan fingerprint density at radius 1 is 1.20 bits per heavy atom. The Morgan fingerprint density at radius 3 is 2.40 bits per heavy atom. The molecule has 1 N–H and O–H groups in total. The fraction of sp³-hybridized carbons (Fsp3) is 1.00. The number of methoxy groups -OCH3 is 1. The van der Waals surface area contributed by atoms with Gasteiger partial charge in [0.2, 0.25) is 0 Å². The van der Waals surface area contributed by atoms with E-state index in [1.54, 1.807) is 6.42 Å². The van der Waals surface area contributed by atoms with Gasteiger partial charge in [0.15, 0.2) is 0 Å². The van der Waals surface area contributed by atoms with Gasteiger partial charge in [-0.3, -0.25) is 0 Å². The summed E-state index contributed by atoms with van der Waals surface area (Å²) in [5.41, 5.74) is 0.0368. The van der Waals surface area contributed by atoms with Gasteiger partial charge in [0.25, 0.3) is 0 Å². The maximum atomic E-state index is 5.61. The molecule has 116 valence electrons. The molecule has 5 unspecified atom stereocenters. The van der Waals surface area contributed by atoms with Gasteiger partial charge in [-0.1, -0.05) is 6.92 Å². The van der Waals surface area contributed by atoms with Crippen molar-refractivity contribution in [2.45, 2.75) is 70.9 Å². The molecular weight excluding hydrogens is 246 g/mol. The first-order valence-electron chi connectivity index (χ1n) is 8.86. The number of nitrogens with one attached hydrogen (secondary N) is 1. The van der Waals surface area contributed by atoms with E-state index in [2.05, 4.69) is 26.1 Å². The molecule has 0 radical (unpaired) electrons. The zero-order valence-corrected chi connectivity index (χ0v) is 13.8. The molecule has 0 aromatic rings. The van der Waals surface area contributed by atoms with Crippen molar-refractivity contribution in [1.82, 2.24) is 5.32 Å². The number of ether oxygens (including phenoxy) is 1. The van der Waals surface area contributed by atoms with Crippen molar-refractivity contribution in [3.05, 3.63) is 0 Å². The van der Waals surface area contributed by atoms with E-state index in [4.69, 9.17) is 4.74 Å². The molecule has 3 fully saturated rings. The number of rotatable bonds is 8. The van der Waals surface area contributed by atoms with Crippen LogP contribution in [0.5, 0.6) is 0 Å². The summed E-state index contributed by atoms with van der Waals surface area (Å²) in [4.78, 5) is 0. The quantitative estimate of drug-likeness (QED) is 0.728. The van der Waals surface area contributed by atoms with E-state index in [1.165, 1.54) is 38.6 Å². The van der Waals surface area contributed by atoms with Gasteiger partial charge in [0, 0.05) is 13.2 Å². The largest absolute Gasteiger partial charge is 0.379 e. The van der Waals surface area contributed by atoms with Gasteiger partial charge in [-0.25, -0.2) is 0 Å². The molecule has 3 aliphatic carbocycles. The third kappa shape index (κ3) is 2.66. The van der Waals surface area contributed by atoms with Crippen LogP contribution >= 0.6 is 0 Å². The summed E-state index contributed by atoms with van der Waals surface area (Å²) < 4.78 is 5.61. The predicted octanol–water partition coefficient (Wildman–Crippen LogP) is 3.85. The van der Waals surface area contributed by atoms with Crippen molar-refractivity contribution in [2.75, 3.05) is 13.7 Å². The van der Waals surface area contributed by atoms with Gasteiger partial charge in [0.05, 0.1) is 5.60 Å². The van der Waals surface area contributed by atoms with E-state index in [-0.39, 0.29) is 5.60 Å². The van der Waals surface area contributed by atoms with Crippen LogP contribution in [0.15, 0.2) is 0 Å². The molecule has 0 spiro atoms. The van der Waals surface area contributed by atoms with Crippen LogP contribution in [-0.4, -0.2) is 25.3 Å². The Balaban J connectivity index is 1.57.